The SMILES string of the molecule is O=C(c1ccco1)N(Cc1c(F)cccc1Cl)C1CCS(=O)(=O)C1. The van der Waals surface area contributed by atoms with Crippen LogP contribution in [-0.4, -0.2) is 36.8 Å². The first-order valence-electron chi connectivity index (χ1n) is 7.35. The molecule has 1 aliphatic rings. The van der Waals surface area contributed by atoms with Gasteiger partial charge in [-0.3, -0.25) is 4.79 Å². The van der Waals surface area contributed by atoms with Gasteiger partial charge in [0.15, 0.2) is 15.6 Å². The molecule has 1 aliphatic heterocycles. The maximum Gasteiger partial charge on any atom is 0.290 e. The van der Waals surface area contributed by atoms with Crippen molar-refractivity contribution >= 4 is 27.3 Å². The van der Waals surface area contributed by atoms with Crippen molar-refractivity contribution in [2.24, 2.45) is 0 Å². The molecule has 1 atom stereocenters. The van der Waals surface area contributed by atoms with Crippen molar-refractivity contribution in [1.29, 1.82) is 0 Å². The minimum Gasteiger partial charge on any atom is -0.459 e. The quantitative estimate of drug-likeness (QED) is 0.828. The van der Waals surface area contributed by atoms with E-state index in [-0.39, 0.29) is 34.4 Å². The molecule has 2 heterocycles. The number of sulfone groups is 1. The number of furan rings is 1. The fraction of sp³-hybridized carbons (Fsp3) is 0.312. The molecule has 1 aromatic heterocycles. The van der Waals surface area contributed by atoms with Gasteiger partial charge in [0.25, 0.3) is 5.91 Å². The fourth-order valence-corrected chi connectivity index (χ4v) is 4.74. The number of hydrogen-bond acceptors (Lipinski definition) is 4. The second kappa shape index (κ2) is 6.57. The summed E-state index contributed by atoms with van der Waals surface area (Å²) in [4.78, 5) is 14.0. The topological polar surface area (TPSA) is 67.6 Å². The zero-order chi connectivity index (χ0) is 17.3. The van der Waals surface area contributed by atoms with Crippen LogP contribution >= 0.6 is 11.6 Å². The minimum atomic E-state index is -3.21. The third-order valence-electron chi connectivity index (χ3n) is 4.03. The molecule has 1 fully saturated rings. The molecule has 1 unspecified atom stereocenters. The summed E-state index contributed by atoms with van der Waals surface area (Å²) < 4.78 is 42.8. The van der Waals surface area contributed by atoms with Crippen LogP contribution in [-0.2, 0) is 16.4 Å². The molecule has 0 N–H and O–H groups in total. The predicted octanol–water partition coefficient (Wildman–Crippen LogP) is 2.90. The highest BCUT2D eigenvalue weighted by Crippen LogP contribution is 2.26. The maximum atomic E-state index is 14.1. The average Bonchev–Trinajstić information content (AvgIpc) is 3.16. The van der Waals surface area contributed by atoms with Crippen LogP contribution in [0.4, 0.5) is 4.39 Å². The smallest absolute Gasteiger partial charge is 0.290 e. The number of carbonyl (C=O) groups is 1. The molecule has 2 aromatic rings. The number of carbonyl (C=O) groups excluding carboxylic acids is 1. The summed E-state index contributed by atoms with van der Waals surface area (Å²) in [5.41, 5.74) is 0.156. The molecule has 128 valence electrons. The normalized spacial score (nSPS) is 19.3. The number of halogens is 2. The van der Waals surface area contributed by atoms with E-state index in [9.17, 15) is 17.6 Å². The summed E-state index contributed by atoms with van der Waals surface area (Å²) in [6.07, 6.45) is 1.66. The van der Waals surface area contributed by atoms with Gasteiger partial charge in [-0.25, -0.2) is 12.8 Å². The molecule has 0 spiro atoms. The Morgan fingerprint density at radius 1 is 1.33 bits per heavy atom. The van der Waals surface area contributed by atoms with Crippen molar-refractivity contribution < 1.29 is 22.0 Å². The van der Waals surface area contributed by atoms with E-state index in [1.807, 2.05) is 0 Å². The Morgan fingerprint density at radius 2 is 2.12 bits per heavy atom. The molecule has 1 aromatic carbocycles. The first-order valence-corrected chi connectivity index (χ1v) is 9.55. The number of benzene rings is 1. The Bertz CT molecular complexity index is 831. The van der Waals surface area contributed by atoms with E-state index in [2.05, 4.69) is 0 Å². The third-order valence-corrected chi connectivity index (χ3v) is 6.14. The predicted molar refractivity (Wildman–Crippen MR) is 87.1 cm³/mol. The molecule has 24 heavy (non-hydrogen) atoms. The van der Waals surface area contributed by atoms with Gasteiger partial charge < -0.3 is 9.32 Å². The average molecular weight is 372 g/mol. The highest BCUT2D eigenvalue weighted by molar-refractivity contribution is 7.91. The zero-order valence-corrected chi connectivity index (χ0v) is 14.2. The second-order valence-corrected chi connectivity index (χ2v) is 8.30. The summed E-state index contributed by atoms with van der Waals surface area (Å²) in [5, 5.41) is 0.188. The molecule has 8 heteroatoms. The molecule has 0 bridgehead atoms. The van der Waals surface area contributed by atoms with Crippen LogP contribution in [0, 0.1) is 5.82 Å². The Hall–Kier alpha value is -1.86. The minimum absolute atomic E-state index is 0.00457. The van der Waals surface area contributed by atoms with Crippen LogP contribution in [0.2, 0.25) is 5.02 Å². The molecule has 1 saturated heterocycles. The maximum absolute atomic E-state index is 14.1. The first-order chi connectivity index (χ1) is 11.4. The lowest BCUT2D eigenvalue weighted by Gasteiger charge is -2.28. The van der Waals surface area contributed by atoms with Crippen molar-refractivity contribution in [3.05, 3.63) is 58.8 Å². The van der Waals surface area contributed by atoms with Crippen LogP contribution in [0.15, 0.2) is 41.0 Å². The van der Waals surface area contributed by atoms with Crippen LogP contribution in [0.25, 0.3) is 0 Å². The van der Waals surface area contributed by atoms with Crippen LogP contribution in [0.1, 0.15) is 22.5 Å². The van der Waals surface area contributed by atoms with E-state index in [1.165, 1.54) is 35.4 Å². The monoisotopic (exact) mass is 371 g/mol. The summed E-state index contributed by atoms with van der Waals surface area (Å²) in [6.45, 7) is -0.120. The van der Waals surface area contributed by atoms with Gasteiger partial charge in [-0.1, -0.05) is 17.7 Å². The lowest BCUT2D eigenvalue weighted by atomic mass is 10.1. The van der Waals surface area contributed by atoms with Crippen LogP contribution in [0.5, 0.6) is 0 Å². The van der Waals surface area contributed by atoms with Gasteiger partial charge in [0, 0.05) is 16.6 Å². The summed E-state index contributed by atoms with van der Waals surface area (Å²) in [6, 6.07) is 6.76. The molecular formula is C16H15ClFNO4S. The standard InChI is InChI=1S/C16H15ClFNO4S/c17-13-3-1-4-14(18)12(13)9-19(11-6-8-24(21,22)10-11)16(20)15-5-2-7-23-15/h1-5,7,11H,6,8-10H2. The van der Waals surface area contributed by atoms with E-state index in [1.54, 1.807) is 6.07 Å². The van der Waals surface area contributed by atoms with Gasteiger partial charge in [0.05, 0.1) is 24.3 Å². The molecular weight excluding hydrogens is 357 g/mol. The van der Waals surface area contributed by atoms with Crippen molar-refractivity contribution in [2.75, 3.05) is 11.5 Å². The summed E-state index contributed by atoms with van der Waals surface area (Å²) >= 11 is 6.05. The number of hydrogen-bond donors (Lipinski definition) is 0. The van der Waals surface area contributed by atoms with Crippen molar-refractivity contribution in [3.63, 3.8) is 0 Å². The van der Waals surface area contributed by atoms with Gasteiger partial charge in [-0.15, -0.1) is 0 Å². The zero-order valence-electron chi connectivity index (χ0n) is 12.6. The first kappa shape index (κ1) is 17.0. The summed E-state index contributed by atoms with van der Waals surface area (Å²) in [7, 11) is -3.21. The number of rotatable bonds is 4. The van der Waals surface area contributed by atoms with Gasteiger partial charge in [-0.05, 0) is 30.7 Å². The van der Waals surface area contributed by atoms with Crippen LogP contribution < -0.4 is 0 Å². The second-order valence-electron chi connectivity index (χ2n) is 5.67. The van der Waals surface area contributed by atoms with Crippen LogP contribution in [0.3, 0.4) is 0 Å². The van der Waals surface area contributed by atoms with Gasteiger partial charge in [0.1, 0.15) is 5.82 Å². The Kier molecular flexibility index (Phi) is 4.64. The van der Waals surface area contributed by atoms with Gasteiger partial charge >= 0.3 is 0 Å². The highest BCUT2D eigenvalue weighted by atomic mass is 35.5. The van der Waals surface area contributed by atoms with E-state index < -0.39 is 27.6 Å². The summed E-state index contributed by atoms with van der Waals surface area (Å²) in [5.74, 6) is -1.09. The van der Waals surface area contributed by atoms with Gasteiger partial charge in [-0.2, -0.15) is 0 Å². The third kappa shape index (κ3) is 3.47. The lowest BCUT2D eigenvalue weighted by molar-refractivity contribution is 0.0646. The Balaban J connectivity index is 1.95. The molecule has 0 aliphatic carbocycles. The van der Waals surface area contributed by atoms with Crippen molar-refractivity contribution in [1.82, 2.24) is 4.90 Å². The highest BCUT2D eigenvalue weighted by Gasteiger charge is 2.36. The van der Waals surface area contributed by atoms with E-state index >= 15 is 0 Å². The largest absolute Gasteiger partial charge is 0.459 e. The number of nitrogens with zero attached hydrogens (tertiary/aromatic N) is 1. The molecule has 0 saturated carbocycles. The van der Waals surface area contributed by atoms with E-state index in [0.29, 0.717) is 6.42 Å². The number of amides is 1. The molecule has 3 rings (SSSR count). The molecule has 0 radical (unpaired) electrons. The van der Waals surface area contributed by atoms with Crippen molar-refractivity contribution in [3.8, 4) is 0 Å². The van der Waals surface area contributed by atoms with E-state index in [0.717, 1.165) is 0 Å². The molecule has 5 nitrogen and oxygen atoms in total. The fourth-order valence-electron chi connectivity index (χ4n) is 2.78. The van der Waals surface area contributed by atoms with E-state index in [4.69, 9.17) is 16.0 Å². The Labute approximate surface area is 143 Å². The van der Waals surface area contributed by atoms with Crippen molar-refractivity contribution in [2.45, 2.75) is 19.0 Å². The van der Waals surface area contributed by atoms with Gasteiger partial charge in [0.2, 0.25) is 0 Å². The Morgan fingerprint density at radius 3 is 2.71 bits per heavy atom. The molecule has 1 amide bonds. The lowest BCUT2D eigenvalue weighted by Crippen LogP contribution is -2.40.